The van der Waals surface area contributed by atoms with E-state index in [-0.39, 0.29) is 12.0 Å². The summed E-state index contributed by atoms with van der Waals surface area (Å²) < 4.78 is 5.81. The van der Waals surface area contributed by atoms with Crippen LogP contribution in [0.25, 0.3) is 0 Å². The molecule has 0 bridgehead atoms. The second-order valence-electron chi connectivity index (χ2n) is 4.29. The Bertz CT molecular complexity index is 370. The summed E-state index contributed by atoms with van der Waals surface area (Å²) >= 11 is 0. The third kappa shape index (κ3) is 3.75. The molecule has 1 atom stereocenters. The fourth-order valence-corrected chi connectivity index (χ4v) is 1.83. The van der Waals surface area contributed by atoms with Crippen LogP contribution in [0, 0.1) is 0 Å². The molecule has 17 heavy (non-hydrogen) atoms. The van der Waals surface area contributed by atoms with E-state index in [2.05, 4.69) is 10.6 Å². The van der Waals surface area contributed by atoms with Crippen LogP contribution in [-0.2, 0) is 11.3 Å². The smallest absolute Gasteiger partial charge is 0.217 e. The lowest BCUT2D eigenvalue weighted by Gasteiger charge is -2.12. The van der Waals surface area contributed by atoms with E-state index in [4.69, 9.17) is 4.74 Å². The lowest BCUT2D eigenvalue weighted by Crippen LogP contribution is -2.20. The molecular weight excluding hydrogens is 216 g/mol. The molecule has 4 heteroatoms. The van der Waals surface area contributed by atoms with Gasteiger partial charge in [-0.15, -0.1) is 0 Å². The van der Waals surface area contributed by atoms with Gasteiger partial charge in [-0.2, -0.15) is 0 Å². The summed E-state index contributed by atoms with van der Waals surface area (Å²) in [5, 5.41) is 6.03. The quantitative estimate of drug-likeness (QED) is 0.819. The second kappa shape index (κ2) is 5.68. The van der Waals surface area contributed by atoms with Gasteiger partial charge in [0.15, 0.2) is 0 Å². The largest absolute Gasteiger partial charge is 0.489 e. The van der Waals surface area contributed by atoms with Gasteiger partial charge in [-0.25, -0.2) is 0 Å². The molecule has 0 saturated carbocycles. The van der Waals surface area contributed by atoms with Crippen LogP contribution in [0.15, 0.2) is 24.3 Å². The lowest BCUT2D eigenvalue weighted by molar-refractivity contribution is -0.119. The van der Waals surface area contributed by atoms with Crippen LogP contribution >= 0.6 is 0 Å². The van der Waals surface area contributed by atoms with Gasteiger partial charge in [0.1, 0.15) is 11.9 Å². The van der Waals surface area contributed by atoms with Crippen LogP contribution in [0.3, 0.4) is 0 Å². The summed E-state index contributed by atoms with van der Waals surface area (Å²) in [4.78, 5) is 10.8. The molecule has 1 heterocycles. The Balaban J connectivity index is 1.86. The number of nitrogens with one attached hydrogen (secondary N) is 2. The van der Waals surface area contributed by atoms with Crippen molar-refractivity contribution in [1.82, 2.24) is 10.6 Å². The first-order valence-electron chi connectivity index (χ1n) is 5.95. The molecule has 0 aromatic heterocycles. The molecule has 1 aromatic carbocycles. The summed E-state index contributed by atoms with van der Waals surface area (Å²) in [6, 6.07) is 7.87. The van der Waals surface area contributed by atoms with Crippen LogP contribution in [0.4, 0.5) is 0 Å². The highest BCUT2D eigenvalue weighted by atomic mass is 16.5. The average molecular weight is 234 g/mol. The van der Waals surface area contributed by atoms with Gasteiger partial charge in [0.05, 0.1) is 0 Å². The highest BCUT2D eigenvalue weighted by molar-refractivity contribution is 5.72. The molecule has 1 aliphatic rings. The number of ether oxygens (including phenoxy) is 1. The van der Waals surface area contributed by atoms with E-state index in [9.17, 15) is 4.79 Å². The van der Waals surface area contributed by atoms with Crippen molar-refractivity contribution in [2.24, 2.45) is 0 Å². The Morgan fingerprint density at radius 3 is 2.82 bits per heavy atom. The highest BCUT2D eigenvalue weighted by Gasteiger charge is 2.15. The van der Waals surface area contributed by atoms with Crippen LogP contribution in [-0.4, -0.2) is 25.1 Å². The Hall–Kier alpha value is -1.55. The molecule has 1 aliphatic heterocycles. The molecule has 1 fully saturated rings. The van der Waals surface area contributed by atoms with Crippen molar-refractivity contribution in [2.75, 3.05) is 13.1 Å². The molecule has 0 spiro atoms. The fourth-order valence-electron chi connectivity index (χ4n) is 1.83. The van der Waals surface area contributed by atoms with Crippen molar-refractivity contribution in [3.8, 4) is 5.75 Å². The number of carbonyl (C=O) groups is 1. The van der Waals surface area contributed by atoms with Crippen molar-refractivity contribution < 1.29 is 9.53 Å². The normalized spacial score (nSPS) is 19.0. The van der Waals surface area contributed by atoms with Gasteiger partial charge in [-0.05, 0) is 30.7 Å². The van der Waals surface area contributed by atoms with Crippen molar-refractivity contribution >= 4 is 5.91 Å². The topological polar surface area (TPSA) is 50.4 Å². The summed E-state index contributed by atoms with van der Waals surface area (Å²) in [5.41, 5.74) is 1.08. The number of benzene rings is 1. The summed E-state index contributed by atoms with van der Waals surface area (Å²) in [6.07, 6.45) is 1.35. The Morgan fingerprint density at radius 1 is 1.47 bits per heavy atom. The van der Waals surface area contributed by atoms with Crippen LogP contribution in [0.5, 0.6) is 5.75 Å². The van der Waals surface area contributed by atoms with Gasteiger partial charge in [0.2, 0.25) is 5.91 Å². The maximum Gasteiger partial charge on any atom is 0.217 e. The first-order chi connectivity index (χ1) is 8.24. The number of amides is 1. The first kappa shape index (κ1) is 11.9. The van der Waals surface area contributed by atoms with Gasteiger partial charge in [0.25, 0.3) is 0 Å². The molecule has 0 aliphatic carbocycles. The maximum absolute atomic E-state index is 10.8. The SMILES string of the molecule is CC(=O)NCc1ccc(O[C@@H]2CCNC2)cc1. The van der Waals surface area contributed by atoms with Crippen molar-refractivity contribution in [2.45, 2.75) is 26.0 Å². The summed E-state index contributed by atoms with van der Waals surface area (Å²) in [7, 11) is 0. The van der Waals surface area contributed by atoms with Gasteiger partial charge >= 0.3 is 0 Å². The molecule has 92 valence electrons. The third-order valence-corrected chi connectivity index (χ3v) is 2.78. The zero-order chi connectivity index (χ0) is 12.1. The molecule has 1 amide bonds. The lowest BCUT2D eigenvalue weighted by atomic mass is 10.2. The molecular formula is C13H18N2O2. The first-order valence-corrected chi connectivity index (χ1v) is 5.95. The molecule has 1 aromatic rings. The van der Waals surface area contributed by atoms with Crippen LogP contribution < -0.4 is 15.4 Å². The molecule has 2 N–H and O–H groups in total. The van der Waals surface area contributed by atoms with Gasteiger partial charge < -0.3 is 15.4 Å². The third-order valence-electron chi connectivity index (χ3n) is 2.78. The summed E-state index contributed by atoms with van der Waals surface area (Å²) in [6.45, 7) is 4.05. The van der Waals surface area contributed by atoms with Gasteiger partial charge in [-0.1, -0.05) is 12.1 Å². The van der Waals surface area contributed by atoms with E-state index in [0.717, 1.165) is 30.8 Å². The van der Waals surface area contributed by atoms with E-state index in [1.807, 2.05) is 24.3 Å². The molecule has 2 rings (SSSR count). The van der Waals surface area contributed by atoms with Crippen LogP contribution in [0.2, 0.25) is 0 Å². The zero-order valence-electron chi connectivity index (χ0n) is 10.0. The molecule has 0 radical (unpaired) electrons. The van der Waals surface area contributed by atoms with Crippen LogP contribution in [0.1, 0.15) is 18.9 Å². The highest BCUT2D eigenvalue weighted by Crippen LogP contribution is 2.16. The van der Waals surface area contributed by atoms with Crippen molar-refractivity contribution in [3.05, 3.63) is 29.8 Å². The minimum atomic E-state index is -0.0117. The summed E-state index contributed by atoms with van der Waals surface area (Å²) in [5.74, 6) is 0.882. The van der Waals surface area contributed by atoms with E-state index in [0.29, 0.717) is 6.54 Å². The minimum absolute atomic E-state index is 0.0117. The van der Waals surface area contributed by atoms with Crippen molar-refractivity contribution in [1.29, 1.82) is 0 Å². The number of hydrogen-bond donors (Lipinski definition) is 2. The predicted octanol–water partition coefficient (Wildman–Crippen LogP) is 1.06. The van der Waals surface area contributed by atoms with Gasteiger partial charge in [0, 0.05) is 20.0 Å². The standard InChI is InChI=1S/C13H18N2O2/c1-10(16)15-8-11-2-4-12(5-3-11)17-13-6-7-14-9-13/h2-5,13-14H,6-9H2,1H3,(H,15,16)/t13-/m1/s1. The Labute approximate surface area is 101 Å². The predicted molar refractivity (Wildman–Crippen MR) is 65.9 cm³/mol. The monoisotopic (exact) mass is 234 g/mol. The number of carbonyl (C=O) groups excluding carboxylic acids is 1. The average Bonchev–Trinajstić information content (AvgIpc) is 2.81. The Morgan fingerprint density at radius 2 is 2.24 bits per heavy atom. The minimum Gasteiger partial charge on any atom is -0.489 e. The second-order valence-corrected chi connectivity index (χ2v) is 4.29. The van der Waals surface area contributed by atoms with E-state index in [1.165, 1.54) is 6.92 Å². The molecule has 0 unspecified atom stereocenters. The number of hydrogen-bond acceptors (Lipinski definition) is 3. The molecule has 1 saturated heterocycles. The fraction of sp³-hybridized carbons (Fsp3) is 0.462. The maximum atomic E-state index is 10.8. The van der Waals surface area contributed by atoms with E-state index < -0.39 is 0 Å². The molecule has 4 nitrogen and oxygen atoms in total. The van der Waals surface area contributed by atoms with E-state index >= 15 is 0 Å². The van der Waals surface area contributed by atoms with Gasteiger partial charge in [-0.3, -0.25) is 4.79 Å². The zero-order valence-corrected chi connectivity index (χ0v) is 10.0. The number of rotatable bonds is 4. The Kier molecular flexibility index (Phi) is 3.98. The van der Waals surface area contributed by atoms with Crippen molar-refractivity contribution in [3.63, 3.8) is 0 Å². The van der Waals surface area contributed by atoms with E-state index in [1.54, 1.807) is 0 Å².